The third-order valence-electron chi connectivity index (χ3n) is 5.19. The number of hydrogen-bond donors (Lipinski definition) is 3. The van der Waals surface area contributed by atoms with Crippen LogP contribution in [0.4, 0.5) is 16.0 Å². The van der Waals surface area contributed by atoms with Gasteiger partial charge in [0.2, 0.25) is 5.95 Å². The van der Waals surface area contributed by atoms with Crippen LogP contribution < -0.4 is 16.0 Å². The van der Waals surface area contributed by atoms with E-state index in [0.29, 0.717) is 17.7 Å². The summed E-state index contributed by atoms with van der Waals surface area (Å²) < 4.78 is 13.7. The molecule has 6 heteroatoms. The molecule has 154 valence electrons. The van der Waals surface area contributed by atoms with Crippen LogP contribution >= 0.6 is 0 Å². The van der Waals surface area contributed by atoms with Crippen LogP contribution in [0, 0.1) is 11.7 Å². The van der Waals surface area contributed by atoms with E-state index in [1.807, 2.05) is 6.07 Å². The Hall–Kier alpha value is -2.89. The number of benzene rings is 1. The Kier molecular flexibility index (Phi) is 6.52. The van der Waals surface area contributed by atoms with Gasteiger partial charge >= 0.3 is 0 Å². The molecule has 0 radical (unpaired) electrons. The van der Waals surface area contributed by atoms with E-state index in [1.165, 1.54) is 17.2 Å². The Morgan fingerprint density at radius 1 is 1.24 bits per heavy atom. The smallest absolute Gasteiger partial charge is 0.222 e. The van der Waals surface area contributed by atoms with Crippen molar-refractivity contribution in [1.82, 2.24) is 15.3 Å². The maximum Gasteiger partial charge on any atom is 0.222 e. The summed E-state index contributed by atoms with van der Waals surface area (Å²) in [4.78, 5) is 8.62. The highest BCUT2D eigenvalue weighted by Crippen LogP contribution is 2.36. The van der Waals surface area contributed by atoms with Crippen molar-refractivity contribution in [3.05, 3.63) is 65.5 Å². The summed E-state index contributed by atoms with van der Waals surface area (Å²) in [5.41, 5.74) is 5.38. The van der Waals surface area contributed by atoms with Gasteiger partial charge in [0.25, 0.3) is 0 Å². The molecule has 2 aromatic rings. The van der Waals surface area contributed by atoms with Gasteiger partial charge in [-0.2, -0.15) is 0 Å². The molecule has 3 rings (SSSR count). The van der Waals surface area contributed by atoms with E-state index < -0.39 is 0 Å². The number of nitrogens with zero attached hydrogens (tertiary/aromatic N) is 2. The lowest BCUT2D eigenvalue weighted by Gasteiger charge is -2.27. The first-order valence-corrected chi connectivity index (χ1v) is 10.2. The number of fused-ring (bicyclic) bond motifs is 1. The van der Waals surface area contributed by atoms with Crippen molar-refractivity contribution in [1.29, 1.82) is 0 Å². The monoisotopic (exact) mass is 395 g/mol. The topological polar surface area (TPSA) is 61.9 Å². The van der Waals surface area contributed by atoms with E-state index in [-0.39, 0.29) is 11.9 Å². The van der Waals surface area contributed by atoms with Crippen molar-refractivity contribution in [2.24, 2.45) is 5.92 Å². The van der Waals surface area contributed by atoms with E-state index in [4.69, 9.17) is 0 Å². The molecule has 0 aliphatic heterocycles. The fourth-order valence-corrected chi connectivity index (χ4v) is 3.68. The normalized spacial score (nSPS) is 14.0. The van der Waals surface area contributed by atoms with Gasteiger partial charge in [-0.1, -0.05) is 33.4 Å². The molecule has 1 unspecified atom stereocenters. The standard InChI is InChI=1S/C23H30FN5/c1-6-9-25-23-26-12-19(13-27-23)28-16(5)29-22(14(2)3)21-10-17-7-8-18(24)11-20(17)15(21)4/h7-8,11-14,22,28-29H,5-6,9-10H2,1-4H3,(H,25,26,27). The van der Waals surface area contributed by atoms with Gasteiger partial charge in [-0.25, -0.2) is 14.4 Å². The first kappa shape index (κ1) is 20.8. The zero-order chi connectivity index (χ0) is 21.0. The molecule has 29 heavy (non-hydrogen) atoms. The zero-order valence-electron chi connectivity index (χ0n) is 17.6. The first-order chi connectivity index (χ1) is 13.9. The van der Waals surface area contributed by atoms with Crippen molar-refractivity contribution in [2.75, 3.05) is 17.2 Å². The highest BCUT2D eigenvalue weighted by atomic mass is 19.1. The summed E-state index contributed by atoms with van der Waals surface area (Å²) >= 11 is 0. The van der Waals surface area contributed by atoms with Crippen molar-refractivity contribution in [2.45, 2.75) is 46.6 Å². The van der Waals surface area contributed by atoms with E-state index in [0.717, 1.165) is 36.2 Å². The Morgan fingerprint density at radius 2 is 1.97 bits per heavy atom. The van der Waals surface area contributed by atoms with E-state index in [2.05, 4.69) is 60.2 Å². The second-order valence-electron chi connectivity index (χ2n) is 7.82. The van der Waals surface area contributed by atoms with Gasteiger partial charge < -0.3 is 16.0 Å². The second kappa shape index (κ2) is 9.07. The van der Waals surface area contributed by atoms with Crippen molar-refractivity contribution >= 4 is 17.2 Å². The predicted octanol–water partition coefficient (Wildman–Crippen LogP) is 4.96. The molecule has 1 heterocycles. The van der Waals surface area contributed by atoms with Crippen LogP contribution in [0.25, 0.3) is 5.57 Å². The number of anilines is 2. The van der Waals surface area contributed by atoms with Gasteiger partial charge in [0, 0.05) is 6.54 Å². The average Bonchev–Trinajstić information content (AvgIpc) is 3.01. The number of hydrogen-bond acceptors (Lipinski definition) is 5. The quantitative estimate of drug-likeness (QED) is 0.560. The maximum absolute atomic E-state index is 13.7. The third kappa shape index (κ3) is 4.94. The van der Waals surface area contributed by atoms with Crippen LogP contribution in [0.5, 0.6) is 0 Å². The van der Waals surface area contributed by atoms with Gasteiger partial charge in [-0.05, 0) is 60.1 Å². The van der Waals surface area contributed by atoms with Crippen LogP contribution in [0.1, 0.15) is 45.2 Å². The van der Waals surface area contributed by atoms with Crippen molar-refractivity contribution in [3.63, 3.8) is 0 Å². The fourth-order valence-electron chi connectivity index (χ4n) is 3.68. The third-order valence-corrected chi connectivity index (χ3v) is 5.19. The average molecular weight is 396 g/mol. The van der Waals surface area contributed by atoms with Crippen LogP contribution in [0.3, 0.4) is 0 Å². The minimum atomic E-state index is -0.193. The van der Waals surface area contributed by atoms with E-state index >= 15 is 0 Å². The Morgan fingerprint density at radius 3 is 2.62 bits per heavy atom. The fraction of sp³-hybridized carbons (Fsp3) is 0.391. The molecule has 0 fully saturated rings. The Bertz CT molecular complexity index is 902. The number of halogens is 1. The van der Waals surface area contributed by atoms with Gasteiger partial charge in [-0.3, -0.25) is 0 Å². The summed E-state index contributed by atoms with van der Waals surface area (Å²) in [6.45, 7) is 13.5. The molecule has 0 saturated carbocycles. The number of rotatable bonds is 9. The predicted molar refractivity (Wildman–Crippen MR) is 118 cm³/mol. The Balaban J connectivity index is 1.69. The molecule has 0 saturated heterocycles. The first-order valence-electron chi connectivity index (χ1n) is 10.2. The highest BCUT2D eigenvalue weighted by Gasteiger charge is 2.27. The minimum Gasteiger partial charge on any atom is -0.365 e. The van der Waals surface area contributed by atoms with Crippen LogP contribution in [-0.2, 0) is 6.42 Å². The van der Waals surface area contributed by atoms with Crippen LogP contribution in [-0.4, -0.2) is 22.6 Å². The van der Waals surface area contributed by atoms with Gasteiger partial charge in [0.05, 0.1) is 29.9 Å². The molecule has 1 atom stereocenters. The molecule has 0 spiro atoms. The highest BCUT2D eigenvalue weighted by molar-refractivity contribution is 5.76. The summed E-state index contributed by atoms with van der Waals surface area (Å²) in [6.07, 6.45) is 5.32. The molecule has 1 aromatic heterocycles. The molecule has 1 aliphatic carbocycles. The maximum atomic E-state index is 13.7. The minimum absolute atomic E-state index is 0.0943. The van der Waals surface area contributed by atoms with Crippen LogP contribution in [0.15, 0.2) is 48.6 Å². The molecule has 5 nitrogen and oxygen atoms in total. The lowest BCUT2D eigenvalue weighted by molar-refractivity contribution is 0.479. The largest absolute Gasteiger partial charge is 0.365 e. The lowest BCUT2D eigenvalue weighted by atomic mass is 9.92. The summed E-state index contributed by atoms with van der Waals surface area (Å²) in [5, 5.41) is 9.90. The SMILES string of the molecule is C=C(Nc1cnc(NCCC)nc1)NC(C1=C(C)c2cc(F)ccc2C1)C(C)C. The molecule has 3 N–H and O–H groups in total. The molecular weight excluding hydrogens is 365 g/mol. The Labute approximate surface area is 172 Å². The van der Waals surface area contributed by atoms with Crippen molar-refractivity contribution in [3.8, 4) is 0 Å². The molecule has 0 amide bonds. The number of aromatic nitrogens is 2. The van der Waals surface area contributed by atoms with E-state index in [1.54, 1.807) is 18.5 Å². The summed E-state index contributed by atoms with van der Waals surface area (Å²) in [6, 6.07) is 5.15. The molecule has 1 aromatic carbocycles. The lowest BCUT2D eigenvalue weighted by Crippen LogP contribution is -2.37. The number of nitrogens with one attached hydrogen (secondary N) is 3. The summed E-state index contributed by atoms with van der Waals surface area (Å²) in [7, 11) is 0. The molecular formula is C23H30FN5. The van der Waals surface area contributed by atoms with E-state index in [9.17, 15) is 4.39 Å². The molecule has 0 bridgehead atoms. The molecule has 1 aliphatic rings. The van der Waals surface area contributed by atoms with Gasteiger partial charge in [0.1, 0.15) is 5.82 Å². The van der Waals surface area contributed by atoms with Crippen LogP contribution in [0.2, 0.25) is 0 Å². The number of allylic oxidation sites excluding steroid dienone is 1. The second-order valence-corrected chi connectivity index (χ2v) is 7.82. The van der Waals surface area contributed by atoms with Gasteiger partial charge in [0.15, 0.2) is 0 Å². The zero-order valence-corrected chi connectivity index (χ0v) is 17.6. The van der Waals surface area contributed by atoms with Crippen molar-refractivity contribution < 1.29 is 4.39 Å². The van der Waals surface area contributed by atoms with Gasteiger partial charge in [-0.15, -0.1) is 0 Å². The summed E-state index contributed by atoms with van der Waals surface area (Å²) in [5.74, 6) is 1.45.